The monoisotopic (exact) mass is 630 g/mol. The van der Waals surface area contributed by atoms with Crippen molar-refractivity contribution in [3.63, 3.8) is 0 Å². The maximum Gasteiger partial charge on any atom is -0.000741 e. The molecule has 0 aliphatic rings. The second kappa shape index (κ2) is 10.5. The third-order valence-corrected chi connectivity index (χ3v) is 11.0. The first-order chi connectivity index (χ1) is 24.8. The lowest BCUT2D eigenvalue weighted by molar-refractivity contribution is 1.71. The maximum absolute atomic E-state index is 2.44. The van der Waals surface area contributed by atoms with Gasteiger partial charge in [0.1, 0.15) is 0 Å². The van der Waals surface area contributed by atoms with Crippen molar-refractivity contribution < 1.29 is 0 Å². The Hall–Kier alpha value is -6.50. The standard InChI is InChI=1S/C50H30/c1-3-17-33-31(15-1)29-45(39-23-7-5-19-35(33)39)47-43-27-13-14-28-44(43)48(46-30-32-16-2-4-18-34(32)36-20-6-8-24-40(36)46)50-42-26-12-10-22-38(42)37-21-9-11-25-41(37)49(47)50/h1-30H. The molecule has 0 saturated heterocycles. The molecule has 50 heavy (non-hydrogen) atoms. The fourth-order valence-electron chi connectivity index (χ4n) is 8.93. The number of hydrogen-bond donors (Lipinski definition) is 0. The van der Waals surface area contributed by atoms with Crippen molar-refractivity contribution >= 4 is 86.2 Å². The quantitative estimate of drug-likeness (QED) is 0.132. The van der Waals surface area contributed by atoms with Gasteiger partial charge in [0.15, 0.2) is 0 Å². The van der Waals surface area contributed by atoms with Crippen LogP contribution in [-0.4, -0.2) is 0 Å². The average Bonchev–Trinajstić information content (AvgIpc) is 3.19. The fourth-order valence-corrected chi connectivity index (χ4v) is 8.93. The van der Waals surface area contributed by atoms with Crippen LogP contribution in [0.5, 0.6) is 0 Å². The third-order valence-electron chi connectivity index (χ3n) is 11.0. The minimum atomic E-state index is 1.26. The molecular formula is C50H30. The molecule has 0 aliphatic heterocycles. The van der Waals surface area contributed by atoms with E-state index in [0.29, 0.717) is 0 Å². The second-order valence-corrected chi connectivity index (χ2v) is 13.5. The summed E-state index contributed by atoms with van der Waals surface area (Å²) in [6.45, 7) is 0. The normalized spacial score (nSPS) is 12.0. The second-order valence-electron chi connectivity index (χ2n) is 13.5. The average molecular weight is 631 g/mol. The SMILES string of the molecule is c1ccc2c(c1)cc(-c1c3ccccc3c(-c3cc4ccccc4c4ccccc34)c3c4ccccc4c4ccccc4c13)c1ccccc12. The Morgan fingerprint density at radius 1 is 0.200 bits per heavy atom. The Morgan fingerprint density at radius 2 is 0.460 bits per heavy atom. The zero-order valence-corrected chi connectivity index (χ0v) is 27.3. The molecule has 0 bridgehead atoms. The van der Waals surface area contributed by atoms with Crippen LogP contribution in [0.4, 0.5) is 0 Å². The van der Waals surface area contributed by atoms with Crippen LogP contribution in [0.25, 0.3) is 108 Å². The number of fused-ring (bicyclic) bond motifs is 13. The Balaban J connectivity index is 1.47. The Labute approximate surface area is 289 Å². The molecule has 11 aromatic carbocycles. The van der Waals surface area contributed by atoms with E-state index >= 15 is 0 Å². The molecule has 0 amide bonds. The summed E-state index contributed by atoms with van der Waals surface area (Å²) in [7, 11) is 0. The van der Waals surface area contributed by atoms with Crippen LogP contribution in [0.3, 0.4) is 0 Å². The van der Waals surface area contributed by atoms with Gasteiger partial charge in [-0.15, -0.1) is 0 Å². The minimum Gasteiger partial charge on any atom is -0.0616 e. The predicted octanol–water partition coefficient (Wildman–Crippen LogP) is 14.2. The molecule has 0 aromatic heterocycles. The van der Waals surface area contributed by atoms with Crippen LogP contribution >= 0.6 is 0 Å². The summed E-state index contributed by atoms with van der Waals surface area (Å²) in [6.07, 6.45) is 0. The summed E-state index contributed by atoms with van der Waals surface area (Å²) in [5.41, 5.74) is 5.15. The van der Waals surface area contributed by atoms with Gasteiger partial charge in [0, 0.05) is 0 Å². The molecule has 0 nitrogen and oxygen atoms in total. The van der Waals surface area contributed by atoms with Crippen LogP contribution in [0.2, 0.25) is 0 Å². The van der Waals surface area contributed by atoms with Gasteiger partial charge >= 0.3 is 0 Å². The molecular weight excluding hydrogens is 601 g/mol. The first-order valence-corrected chi connectivity index (χ1v) is 17.4. The highest BCUT2D eigenvalue weighted by Gasteiger charge is 2.24. The van der Waals surface area contributed by atoms with E-state index in [1.165, 1.54) is 108 Å². The van der Waals surface area contributed by atoms with Crippen LogP contribution in [0.15, 0.2) is 182 Å². The summed E-state index contributed by atoms with van der Waals surface area (Å²) < 4.78 is 0. The lowest BCUT2D eigenvalue weighted by atomic mass is 9.79. The van der Waals surface area contributed by atoms with Crippen LogP contribution in [0.1, 0.15) is 0 Å². The van der Waals surface area contributed by atoms with E-state index < -0.39 is 0 Å². The van der Waals surface area contributed by atoms with Crippen molar-refractivity contribution in [3.8, 4) is 22.3 Å². The van der Waals surface area contributed by atoms with Gasteiger partial charge in [0.25, 0.3) is 0 Å². The Kier molecular flexibility index (Phi) is 5.76. The zero-order chi connectivity index (χ0) is 32.8. The third kappa shape index (κ3) is 3.76. The number of hydrogen-bond acceptors (Lipinski definition) is 0. The highest BCUT2D eigenvalue weighted by atomic mass is 14.3. The van der Waals surface area contributed by atoms with Gasteiger partial charge < -0.3 is 0 Å². The molecule has 0 aliphatic carbocycles. The van der Waals surface area contributed by atoms with Crippen LogP contribution in [-0.2, 0) is 0 Å². The predicted molar refractivity (Wildman–Crippen MR) is 217 cm³/mol. The molecule has 0 heteroatoms. The van der Waals surface area contributed by atoms with Gasteiger partial charge in [-0.3, -0.25) is 0 Å². The van der Waals surface area contributed by atoms with E-state index in [0.717, 1.165) is 0 Å². The topological polar surface area (TPSA) is 0 Å². The smallest absolute Gasteiger partial charge is 0.000741 e. The Morgan fingerprint density at radius 3 is 0.840 bits per heavy atom. The highest BCUT2D eigenvalue weighted by molar-refractivity contribution is 6.39. The van der Waals surface area contributed by atoms with E-state index in [2.05, 4.69) is 182 Å². The molecule has 0 saturated carbocycles. The van der Waals surface area contributed by atoms with E-state index in [1.54, 1.807) is 0 Å². The molecule has 0 atom stereocenters. The molecule has 0 N–H and O–H groups in total. The molecule has 0 spiro atoms. The largest absolute Gasteiger partial charge is 0.0616 e. The summed E-state index contributed by atoms with van der Waals surface area (Å²) in [5, 5.41) is 20.5. The van der Waals surface area contributed by atoms with Crippen molar-refractivity contribution in [2.24, 2.45) is 0 Å². The molecule has 11 rings (SSSR count). The first-order valence-electron chi connectivity index (χ1n) is 17.4. The molecule has 0 radical (unpaired) electrons. The molecule has 0 unspecified atom stereocenters. The highest BCUT2D eigenvalue weighted by Crippen LogP contribution is 2.52. The lowest BCUT2D eigenvalue weighted by Gasteiger charge is -2.23. The van der Waals surface area contributed by atoms with Crippen molar-refractivity contribution in [2.45, 2.75) is 0 Å². The van der Waals surface area contributed by atoms with Gasteiger partial charge in [0.2, 0.25) is 0 Å². The molecule has 11 aromatic rings. The summed E-state index contributed by atoms with van der Waals surface area (Å²) in [6, 6.07) is 67.7. The molecule has 0 fully saturated rings. The van der Waals surface area contributed by atoms with Crippen molar-refractivity contribution in [1.82, 2.24) is 0 Å². The number of benzene rings is 11. The zero-order valence-electron chi connectivity index (χ0n) is 27.3. The van der Waals surface area contributed by atoms with E-state index in [9.17, 15) is 0 Å². The summed E-state index contributed by atoms with van der Waals surface area (Å²) >= 11 is 0. The summed E-state index contributed by atoms with van der Waals surface area (Å²) in [5.74, 6) is 0. The van der Waals surface area contributed by atoms with Gasteiger partial charge in [-0.25, -0.2) is 0 Å². The van der Waals surface area contributed by atoms with Gasteiger partial charge in [-0.1, -0.05) is 170 Å². The van der Waals surface area contributed by atoms with Gasteiger partial charge in [0.05, 0.1) is 0 Å². The van der Waals surface area contributed by atoms with Crippen LogP contribution in [0, 0.1) is 0 Å². The van der Waals surface area contributed by atoms with Crippen molar-refractivity contribution in [3.05, 3.63) is 182 Å². The van der Waals surface area contributed by atoms with Crippen molar-refractivity contribution in [1.29, 1.82) is 0 Å². The van der Waals surface area contributed by atoms with Crippen LogP contribution < -0.4 is 0 Å². The lowest BCUT2D eigenvalue weighted by Crippen LogP contribution is -1.95. The van der Waals surface area contributed by atoms with Gasteiger partial charge in [-0.2, -0.15) is 0 Å². The van der Waals surface area contributed by atoms with Crippen molar-refractivity contribution in [2.75, 3.05) is 0 Å². The minimum absolute atomic E-state index is 1.26. The van der Waals surface area contributed by atoms with E-state index in [-0.39, 0.29) is 0 Å². The maximum atomic E-state index is 2.44. The van der Waals surface area contributed by atoms with Gasteiger partial charge in [-0.05, 0) is 121 Å². The summed E-state index contributed by atoms with van der Waals surface area (Å²) in [4.78, 5) is 0. The number of rotatable bonds is 2. The Bertz CT molecular complexity index is 2980. The van der Waals surface area contributed by atoms with E-state index in [1.807, 2.05) is 0 Å². The molecule has 230 valence electrons. The molecule has 0 heterocycles. The first kappa shape index (κ1) is 27.5. The van der Waals surface area contributed by atoms with E-state index in [4.69, 9.17) is 0 Å². The fraction of sp³-hybridized carbons (Fsp3) is 0.